The topological polar surface area (TPSA) is 71.1 Å². The molecule has 0 saturated heterocycles. The molecular weight excluding hydrogens is 468 g/mol. The maximum Gasteiger partial charge on any atom is 0.306 e. The second-order valence-corrected chi connectivity index (χ2v) is 11.7. The summed E-state index contributed by atoms with van der Waals surface area (Å²) in [5.41, 5.74) is 5.30. The number of benzene rings is 2. The van der Waals surface area contributed by atoms with Gasteiger partial charge in [0.1, 0.15) is 37.1 Å². The summed E-state index contributed by atoms with van der Waals surface area (Å²) < 4.78 is 22.4. The predicted octanol–water partition coefficient (Wildman–Crippen LogP) is 5.65. The van der Waals surface area contributed by atoms with E-state index in [1.165, 1.54) is 29.2 Å². The molecule has 0 saturated carbocycles. The van der Waals surface area contributed by atoms with Crippen molar-refractivity contribution in [2.75, 3.05) is 33.5 Å². The van der Waals surface area contributed by atoms with Gasteiger partial charge in [-0.15, -0.1) is 0 Å². The summed E-state index contributed by atoms with van der Waals surface area (Å²) in [4.78, 5) is 22.9. The number of rotatable bonds is 11. The highest BCUT2D eigenvalue weighted by atomic mass is 16.6. The number of methoxy groups -OCH3 is 1. The number of fused-ring (bicyclic) bond motifs is 4. The molecule has 4 rings (SSSR count). The fraction of sp³-hybridized carbons (Fsp3) is 0.548. The van der Waals surface area contributed by atoms with Gasteiger partial charge in [-0.05, 0) is 77.1 Å². The average molecular weight is 509 g/mol. The Hall–Kier alpha value is -2.86. The Morgan fingerprint density at radius 2 is 1.24 bits per heavy atom. The van der Waals surface area contributed by atoms with E-state index in [1.807, 2.05) is 6.07 Å². The minimum Gasteiger partial charge on any atom is -0.491 e. The quantitative estimate of drug-likeness (QED) is 0.288. The van der Waals surface area contributed by atoms with Gasteiger partial charge in [-0.25, -0.2) is 0 Å². The highest BCUT2D eigenvalue weighted by Gasteiger charge is 2.56. The Labute approximate surface area is 220 Å². The Kier molecular flexibility index (Phi) is 7.70. The molecule has 2 aliphatic rings. The third kappa shape index (κ3) is 5.54. The molecule has 6 nitrogen and oxygen atoms in total. The molecule has 0 bridgehead atoms. The van der Waals surface area contributed by atoms with Gasteiger partial charge in [0.25, 0.3) is 0 Å². The van der Waals surface area contributed by atoms with Crippen molar-refractivity contribution in [3.63, 3.8) is 0 Å². The summed E-state index contributed by atoms with van der Waals surface area (Å²) in [6.07, 6.45) is 2.35. The molecule has 6 heteroatoms. The molecule has 1 atom stereocenters. The van der Waals surface area contributed by atoms with E-state index >= 15 is 0 Å². The molecular formula is C31H40O6. The zero-order valence-corrected chi connectivity index (χ0v) is 23.1. The molecule has 200 valence electrons. The third-order valence-corrected chi connectivity index (χ3v) is 7.81. The van der Waals surface area contributed by atoms with Crippen LogP contribution in [0.2, 0.25) is 0 Å². The minimum atomic E-state index is -0.373. The molecule has 2 aromatic rings. The Morgan fingerprint density at radius 3 is 1.73 bits per heavy atom. The molecule has 0 N–H and O–H groups in total. The number of hydrogen-bond acceptors (Lipinski definition) is 6. The van der Waals surface area contributed by atoms with Crippen LogP contribution < -0.4 is 9.47 Å². The molecule has 0 radical (unpaired) electrons. The average Bonchev–Trinajstić information content (AvgIpc) is 3.20. The second-order valence-electron chi connectivity index (χ2n) is 11.7. The van der Waals surface area contributed by atoms with Crippen molar-refractivity contribution in [3.8, 4) is 11.5 Å². The number of esters is 1. The molecule has 0 aliphatic heterocycles. The first-order valence-electron chi connectivity index (χ1n) is 13.2. The molecule has 0 amide bonds. The van der Waals surface area contributed by atoms with E-state index in [1.54, 1.807) is 7.11 Å². The van der Waals surface area contributed by atoms with Crippen LogP contribution in [0.25, 0.3) is 0 Å². The van der Waals surface area contributed by atoms with Crippen LogP contribution in [-0.2, 0) is 35.3 Å². The van der Waals surface area contributed by atoms with Crippen LogP contribution in [0.1, 0.15) is 82.6 Å². The van der Waals surface area contributed by atoms with Crippen LogP contribution in [0.4, 0.5) is 0 Å². The van der Waals surface area contributed by atoms with E-state index in [9.17, 15) is 9.59 Å². The fourth-order valence-electron chi connectivity index (χ4n) is 6.39. The zero-order chi connectivity index (χ0) is 26.8. The van der Waals surface area contributed by atoms with Gasteiger partial charge in [-0.3, -0.25) is 4.79 Å². The molecule has 1 unspecified atom stereocenters. The van der Waals surface area contributed by atoms with Crippen molar-refractivity contribution in [3.05, 3.63) is 58.7 Å². The first kappa shape index (κ1) is 27.2. The second kappa shape index (κ2) is 10.5. The van der Waals surface area contributed by atoms with Gasteiger partial charge in [-0.1, -0.05) is 39.8 Å². The third-order valence-electron chi connectivity index (χ3n) is 7.81. The molecule has 0 heterocycles. The van der Waals surface area contributed by atoms with Gasteiger partial charge >= 0.3 is 5.97 Å². The van der Waals surface area contributed by atoms with Crippen LogP contribution in [0.15, 0.2) is 36.4 Å². The summed E-state index contributed by atoms with van der Waals surface area (Å²) in [5.74, 6) is 1.25. The lowest BCUT2D eigenvalue weighted by molar-refractivity contribution is -0.145. The number of carbonyl (C=O) groups is 2. The largest absolute Gasteiger partial charge is 0.491 e. The Bertz CT molecular complexity index is 1160. The minimum absolute atomic E-state index is 0.0186. The molecule has 0 fully saturated rings. The van der Waals surface area contributed by atoms with Gasteiger partial charge < -0.3 is 23.7 Å². The number of ketones is 1. The van der Waals surface area contributed by atoms with Gasteiger partial charge in [0, 0.05) is 18.9 Å². The zero-order valence-electron chi connectivity index (χ0n) is 23.1. The van der Waals surface area contributed by atoms with Crippen LogP contribution in [0.5, 0.6) is 11.5 Å². The lowest BCUT2D eigenvalue weighted by Gasteiger charge is -2.30. The first-order chi connectivity index (χ1) is 17.5. The van der Waals surface area contributed by atoms with Crippen molar-refractivity contribution >= 4 is 11.8 Å². The van der Waals surface area contributed by atoms with E-state index in [4.69, 9.17) is 18.9 Å². The van der Waals surface area contributed by atoms with Crippen LogP contribution in [0, 0.1) is 0 Å². The maximum absolute atomic E-state index is 11.8. The summed E-state index contributed by atoms with van der Waals surface area (Å²) in [6, 6.07) is 12.9. The normalized spacial score (nSPS) is 20.4. The maximum atomic E-state index is 11.8. The van der Waals surface area contributed by atoms with Crippen molar-refractivity contribution in [2.24, 2.45) is 0 Å². The van der Waals surface area contributed by atoms with Gasteiger partial charge in [-0.2, -0.15) is 0 Å². The van der Waals surface area contributed by atoms with Crippen molar-refractivity contribution in [1.29, 1.82) is 0 Å². The van der Waals surface area contributed by atoms with E-state index in [0.717, 1.165) is 24.3 Å². The highest BCUT2D eigenvalue weighted by Crippen LogP contribution is 2.63. The molecule has 2 aliphatic carbocycles. The number of hydrogen-bond donors (Lipinski definition) is 0. The number of ether oxygens (including phenoxy) is 4. The summed E-state index contributed by atoms with van der Waals surface area (Å²) >= 11 is 0. The summed E-state index contributed by atoms with van der Waals surface area (Å²) in [6.45, 7) is 12.3. The highest BCUT2D eigenvalue weighted by molar-refractivity contribution is 5.80. The lowest BCUT2D eigenvalue weighted by atomic mass is 9.72. The monoisotopic (exact) mass is 508 g/mol. The Morgan fingerprint density at radius 1 is 0.730 bits per heavy atom. The number of carbonyl (C=O) groups excluding carboxylic acids is 2. The first-order valence-corrected chi connectivity index (χ1v) is 13.2. The van der Waals surface area contributed by atoms with Gasteiger partial charge in [0.15, 0.2) is 0 Å². The smallest absolute Gasteiger partial charge is 0.306 e. The SMILES string of the molecule is COCCOc1ccc2c(c1)C1(CC2(C)C)CC(C)(C)c2ccc(OCCOC(=O)CCC(C)=O)cc21. The Balaban J connectivity index is 1.58. The summed E-state index contributed by atoms with van der Waals surface area (Å²) in [7, 11) is 1.68. The van der Waals surface area contributed by atoms with Crippen LogP contribution >= 0.6 is 0 Å². The van der Waals surface area contributed by atoms with Crippen LogP contribution in [-0.4, -0.2) is 45.3 Å². The van der Waals surface area contributed by atoms with E-state index in [2.05, 4.69) is 58.0 Å². The standard InChI is InChI=1S/C31H40O6/c1-21(32)7-12-28(33)37-16-15-36-23-9-11-25-27(18-23)31(20-30(25,4)5)19-29(2,3)24-10-8-22(17-26(24)31)35-14-13-34-6/h8-11,17-18H,7,12-16,19-20H2,1-6H3. The van der Waals surface area contributed by atoms with Crippen LogP contribution in [0.3, 0.4) is 0 Å². The molecule has 1 spiro atoms. The number of Topliss-reactive ketones (excluding diaryl/α,β-unsaturated/α-hetero) is 1. The fourth-order valence-corrected chi connectivity index (χ4v) is 6.39. The van der Waals surface area contributed by atoms with Crippen molar-refractivity contribution in [2.45, 2.75) is 76.5 Å². The van der Waals surface area contributed by atoms with Crippen molar-refractivity contribution < 1.29 is 28.5 Å². The van der Waals surface area contributed by atoms with Gasteiger partial charge in [0.05, 0.1) is 13.0 Å². The van der Waals surface area contributed by atoms with Crippen molar-refractivity contribution in [1.82, 2.24) is 0 Å². The molecule has 37 heavy (non-hydrogen) atoms. The van der Waals surface area contributed by atoms with E-state index in [-0.39, 0.29) is 54.1 Å². The summed E-state index contributed by atoms with van der Waals surface area (Å²) in [5, 5.41) is 0. The van der Waals surface area contributed by atoms with E-state index in [0.29, 0.717) is 13.2 Å². The molecule has 2 aromatic carbocycles. The lowest BCUT2D eigenvalue weighted by Crippen LogP contribution is -2.27. The predicted molar refractivity (Wildman–Crippen MR) is 143 cm³/mol. The van der Waals surface area contributed by atoms with E-state index < -0.39 is 0 Å². The molecule has 0 aromatic heterocycles. The van der Waals surface area contributed by atoms with Gasteiger partial charge in [0.2, 0.25) is 0 Å².